The van der Waals surface area contributed by atoms with Gasteiger partial charge in [0.2, 0.25) is 0 Å². The van der Waals surface area contributed by atoms with Crippen molar-refractivity contribution in [3.63, 3.8) is 0 Å². The average Bonchev–Trinajstić information content (AvgIpc) is 2.99. The Morgan fingerprint density at radius 1 is 1.41 bits per heavy atom. The van der Waals surface area contributed by atoms with Crippen LogP contribution in [-0.4, -0.2) is 11.9 Å². The van der Waals surface area contributed by atoms with E-state index in [0.29, 0.717) is 11.6 Å². The summed E-state index contributed by atoms with van der Waals surface area (Å²) in [6, 6.07) is 0.367. The fourth-order valence-corrected chi connectivity index (χ4v) is 1.56. The summed E-state index contributed by atoms with van der Waals surface area (Å²) in [6.07, 6.45) is 9.12. The molecule has 3 heteroatoms. The van der Waals surface area contributed by atoms with Crippen LogP contribution in [0.15, 0.2) is 35.8 Å². The number of carbonyl (C=O) groups excluding carboxylic acids is 1. The molecule has 1 N–H and O–H groups in total. The standard InChI is InChI=1S/C14H19NO2/c1-14(2,3)11-6-7-17-9-10(8-11)13(16)15-12-4-5-12/h6-9,12H,4-5H2,1-3H3,(H,15,16). The first kappa shape index (κ1) is 12.0. The number of allylic oxidation sites excluding steroid dienone is 2. The Labute approximate surface area is 102 Å². The van der Waals surface area contributed by atoms with Crippen LogP contribution in [-0.2, 0) is 9.53 Å². The van der Waals surface area contributed by atoms with Crippen LogP contribution in [0.4, 0.5) is 0 Å². The Kier molecular flexibility index (Phi) is 3.09. The first-order valence-corrected chi connectivity index (χ1v) is 6.02. The summed E-state index contributed by atoms with van der Waals surface area (Å²) in [4.78, 5) is 11.9. The third-order valence-electron chi connectivity index (χ3n) is 2.87. The third-order valence-corrected chi connectivity index (χ3v) is 2.87. The predicted octanol–water partition coefficient (Wildman–Crippen LogP) is 2.67. The third kappa shape index (κ3) is 3.22. The monoisotopic (exact) mass is 233 g/mol. The number of amides is 1. The molecule has 2 aliphatic rings. The fourth-order valence-electron chi connectivity index (χ4n) is 1.56. The summed E-state index contributed by atoms with van der Waals surface area (Å²) in [5.41, 5.74) is 1.68. The highest BCUT2D eigenvalue weighted by Gasteiger charge is 2.25. The normalized spacial score (nSPS) is 19.9. The zero-order valence-electron chi connectivity index (χ0n) is 10.6. The molecule has 0 aromatic heterocycles. The maximum absolute atomic E-state index is 11.9. The molecule has 0 atom stereocenters. The van der Waals surface area contributed by atoms with Gasteiger partial charge in [-0.2, -0.15) is 0 Å². The van der Waals surface area contributed by atoms with E-state index in [0.717, 1.165) is 18.4 Å². The number of hydrogen-bond donors (Lipinski definition) is 1. The molecule has 17 heavy (non-hydrogen) atoms. The summed E-state index contributed by atoms with van der Waals surface area (Å²) < 4.78 is 5.20. The molecule has 92 valence electrons. The zero-order chi connectivity index (χ0) is 12.5. The van der Waals surface area contributed by atoms with E-state index >= 15 is 0 Å². The highest BCUT2D eigenvalue weighted by atomic mass is 16.5. The molecule has 1 amide bonds. The molecular formula is C14H19NO2. The van der Waals surface area contributed by atoms with Crippen molar-refractivity contribution in [3.8, 4) is 0 Å². The largest absolute Gasteiger partial charge is 0.472 e. The van der Waals surface area contributed by atoms with Crippen LogP contribution >= 0.6 is 0 Å². The van der Waals surface area contributed by atoms with Crippen LogP contribution in [0.5, 0.6) is 0 Å². The van der Waals surface area contributed by atoms with E-state index < -0.39 is 0 Å². The van der Waals surface area contributed by atoms with Crippen LogP contribution in [0.3, 0.4) is 0 Å². The second kappa shape index (κ2) is 4.40. The maximum atomic E-state index is 11.9. The van der Waals surface area contributed by atoms with Gasteiger partial charge in [-0.3, -0.25) is 4.79 Å². The molecule has 1 aliphatic carbocycles. The van der Waals surface area contributed by atoms with Gasteiger partial charge in [-0.1, -0.05) is 20.8 Å². The molecule has 0 aromatic rings. The van der Waals surface area contributed by atoms with E-state index in [9.17, 15) is 4.79 Å². The molecule has 0 unspecified atom stereocenters. The molecular weight excluding hydrogens is 214 g/mol. The molecule has 2 rings (SSSR count). The van der Waals surface area contributed by atoms with Gasteiger partial charge in [-0.25, -0.2) is 0 Å². The van der Waals surface area contributed by atoms with Crippen molar-refractivity contribution in [3.05, 3.63) is 35.8 Å². The van der Waals surface area contributed by atoms with Gasteiger partial charge in [0, 0.05) is 6.04 Å². The van der Waals surface area contributed by atoms with E-state index in [1.54, 1.807) is 6.26 Å². The Balaban J connectivity index is 2.15. The first-order chi connectivity index (χ1) is 7.97. The molecule has 0 bridgehead atoms. The predicted molar refractivity (Wildman–Crippen MR) is 67.0 cm³/mol. The lowest BCUT2D eigenvalue weighted by Crippen LogP contribution is -2.26. The summed E-state index contributed by atoms with van der Waals surface area (Å²) in [6.45, 7) is 6.35. The highest BCUT2D eigenvalue weighted by Crippen LogP contribution is 2.29. The first-order valence-electron chi connectivity index (χ1n) is 6.02. The van der Waals surface area contributed by atoms with Crippen molar-refractivity contribution in [1.82, 2.24) is 5.32 Å². The topological polar surface area (TPSA) is 38.3 Å². The maximum Gasteiger partial charge on any atom is 0.254 e. The number of hydrogen-bond acceptors (Lipinski definition) is 2. The van der Waals surface area contributed by atoms with Gasteiger partial charge in [0.25, 0.3) is 5.91 Å². The van der Waals surface area contributed by atoms with Crippen molar-refractivity contribution in [2.75, 3.05) is 0 Å². The van der Waals surface area contributed by atoms with Gasteiger partial charge in [-0.15, -0.1) is 0 Å². The average molecular weight is 233 g/mol. The van der Waals surface area contributed by atoms with Crippen molar-refractivity contribution >= 4 is 5.91 Å². The Morgan fingerprint density at radius 2 is 2.12 bits per heavy atom. The molecule has 0 aromatic carbocycles. The minimum absolute atomic E-state index is 0.00313. The molecule has 1 heterocycles. The molecule has 1 aliphatic heterocycles. The van der Waals surface area contributed by atoms with Gasteiger partial charge >= 0.3 is 0 Å². The van der Waals surface area contributed by atoms with E-state index in [4.69, 9.17) is 4.74 Å². The minimum Gasteiger partial charge on any atom is -0.472 e. The molecule has 0 radical (unpaired) electrons. The van der Waals surface area contributed by atoms with E-state index in [2.05, 4.69) is 26.1 Å². The van der Waals surface area contributed by atoms with Crippen molar-refractivity contribution in [1.29, 1.82) is 0 Å². The minimum atomic E-state index is -0.0436. The van der Waals surface area contributed by atoms with Crippen LogP contribution in [0.1, 0.15) is 33.6 Å². The number of ether oxygens (including phenoxy) is 1. The quantitative estimate of drug-likeness (QED) is 0.796. The molecule has 1 saturated carbocycles. The Hall–Kier alpha value is -1.51. The summed E-state index contributed by atoms with van der Waals surface area (Å²) in [5.74, 6) is -0.0436. The number of rotatable bonds is 2. The van der Waals surface area contributed by atoms with E-state index in [1.165, 1.54) is 6.26 Å². The van der Waals surface area contributed by atoms with Crippen molar-refractivity contribution in [2.45, 2.75) is 39.7 Å². The number of carbonyl (C=O) groups is 1. The van der Waals surface area contributed by atoms with E-state index in [-0.39, 0.29) is 11.3 Å². The van der Waals surface area contributed by atoms with E-state index in [1.807, 2.05) is 12.2 Å². The molecule has 1 fully saturated rings. The lowest BCUT2D eigenvalue weighted by molar-refractivity contribution is -0.117. The Morgan fingerprint density at radius 3 is 2.71 bits per heavy atom. The Bertz CT molecular complexity index is 406. The summed E-state index contributed by atoms with van der Waals surface area (Å²) in [5, 5.41) is 2.96. The van der Waals surface area contributed by atoms with Gasteiger partial charge in [0.05, 0.1) is 11.8 Å². The van der Waals surface area contributed by atoms with Gasteiger partial charge < -0.3 is 10.1 Å². The smallest absolute Gasteiger partial charge is 0.254 e. The van der Waals surface area contributed by atoms with Gasteiger partial charge in [0.15, 0.2) is 0 Å². The van der Waals surface area contributed by atoms with Gasteiger partial charge in [0.1, 0.15) is 6.26 Å². The SMILES string of the molecule is CC(C)(C)C1=CC(C(=O)NC2CC2)=COC=C1. The van der Waals surface area contributed by atoms with Crippen LogP contribution in [0.2, 0.25) is 0 Å². The molecule has 3 nitrogen and oxygen atoms in total. The van der Waals surface area contributed by atoms with Crippen LogP contribution in [0.25, 0.3) is 0 Å². The fraction of sp³-hybridized carbons (Fsp3) is 0.500. The van der Waals surface area contributed by atoms with Crippen molar-refractivity contribution in [2.24, 2.45) is 5.41 Å². The van der Waals surface area contributed by atoms with Crippen LogP contribution < -0.4 is 5.32 Å². The summed E-state index contributed by atoms with van der Waals surface area (Å²) >= 11 is 0. The zero-order valence-corrected chi connectivity index (χ0v) is 10.6. The summed E-state index contributed by atoms with van der Waals surface area (Å²) in [7, 11) is 0. The second-order valence-electron chi connectivity index (χ2n) is 5.61. The van der Waals surface area contributed by atoms with Gasteiger partial charge in [-0.05, 0) is 36.0 Å². The van der Waals surface area contributed by atoms with Crippen molar-refractivity contribution < 1.29 is 9.53 Å². The van der Waals surface area contributed by atoms with Crippen LogP contribution in [0, 0.1) is 5.41 Å². The number of nitrogens with one attached hydrogen (secondary N) is 1. The molecule has 0 spiro atoms. The molecule has 0 saturated heterocycles. The lowest BCUT2D eigenvalue weighted by Gasteiger charge is -2.19. The lowest BCUT2D eigenvalue weighted by atomic mass is 9.85. The highest BCUT2D eigenvalue weighted by molar-refractivity contribution is 5.96. The second-order valence-corrected chi connectivity index (χ2v) is 5.61.